The van der Waals surface area contributed by atoms with E-state index in [1.54, 1.807) is 7.11 Å². The van der Waals surface area contributed by atoms with Crippen LogP contribution in [0.2, 0.25) is 0 Å². The van der Waals surface area contributed by atoms with Crippen molar-refractivity contribution in [3.63, 3.8) is 0 Å². The number of benzene rings is 1. The number of aliphatic hydroxyl groups is 2. The molecule has 1 rings (SSSR count). The van der Waals surface area contributed by atoms with E-state index >= 15 is 0 Å². The van der Waals surface area contributed by atoms with Crippen molar-refractivity contribution in [2.45, 2.75) is 32.3 Å². The SMILES string of the molecule is COc1cc(C(C)C)ccc1CCNCC(O)CO. The summed E-state index contributed by atoms with van der Waals surface area (Å²) in [5.74, 6) is 1.40. The lowest BCUT2D eigenvalue weighted by Crippen LogP contribution is -2.30. The maximum atomic E-state index is 9.22. The van der Waals surface area contributed by atoms with Gasteiger partial charge in [0.1, 0.15) is 5.75 Å². The lowest BCUT2D eigenvalue weighted by molar-refractivity contribution is 0.0947. The largest absolute Gasteiger partial charge is 0.496 e. The lowest BCUT2D eigenvalue weighted by atomic mass is 10.00. The van der Waals surface area contributed by atoms with Gasteiger partial charge in [-0.2, -0.15) is 0 Å². The zero-order valence-electron chi connectivity index (χ0n) is 12.0. The summed E-state index contributed by atoms with van der Waals surface area (Å²) in [6.07, 6.45) is 0.143. The molecule has 1 atom stereocenters. The molecule has 0 aliphatic rings. The van der Waals surface area contributed by atoms with Gasteiger partial charge in [-0.25, -0.2) is 0 Å². The van der Waals surface area contributed by atoms with Gasteiger partial charge < -0.3 is 20.3 Å². The van der Waals surface area contributed by atoms with Gasteiger partial charge in [-0.3, -0.25) is 0 Å². The number of nitrogens with one attached hydrogen (secondary N) is 1. The Morgan fingerprint density at radius 2 is 2.05 bits per heavy atom. The molecule has 0 radical (unpaired) electrons. The van der Waals surface area contributed by atoms with Crippen LogP contribution < -0.4 is 10.1 Å². The molecule has 0 amide bonds. The van der Waals surface area contributed by atoms with Crippen LogP contribution >= 0.6 is 0 Å². The second-order valence-electron chi connectivity index (χ2n) is 5.02. The average Bonchev–Trinajstić information content (AvgIpc) is 2.42. The van der Waals surface area contributed by atoms with Gasteiger partial charge in [0.05, 0.1) is 19.8 Å². The van der Waals surface area contributed by atoms with Crippen molar-refractivity contribution in [1.29, 1.82) is 0 Å². The zero-order chi connectivity index (χ0) is 14.3. The monoisotopic (exact) mass is 267 g/mol. The van der Waals surface area contributed by atoms with Gasteiger partial charge in [0.15, 0.2) is 0 Å². The molecule has 0 spiro atoms. The van der Waals surface area contributed by atoms with E-state index in [1.165, 1.54) is 5.56 Å². The highest BCUT2D eigenvalue weighted by Crippen LogP contribution is 2.24. The molecule has 108 valence electrons. The molecule has 4 heteroatoms. The third-order valence-corrected chi connectivity index (χ3v) is 3.14. The van der Waals surface area contributed by atoms with E-state index in [0.717, 1.165) is 24.3 Å². The van der Waals surface area contributed by atoms with Gasteiger partial charge in [0.2, 0.25) is 0 Å². The normalized spacial score (nSPS) is 12.7. The van der Waals surface area contributed by atoms with E-state index in [1.807, 2.05) is 0 Å². The van der Waals surface area contributed by atoms with Crippen molar-refractivity contribution in [1.82, 2.24) is 5.32 Å². The summed E-state index contributed by atoms with van der Waals surface area (Å²) in [6, 6.07) is 6.31. The molecule has 0 heterocycles. The van der Waals surface area contributed by atoms with Crippen molar-refractivity contribution in [3.8, 4) is 5.75 Å². The van der Waals surface area contributed by atoms with E-state index < -0.39 is 6.10 Å². The van der Waals surface area contributed by atoms with Gasteiger partial charge >= 0.3 is 0 Å². The molecule has 4 nitrogen and oxygen atoms in total. The molecule has 19 heavy (non-hydrogen) atoms. The van der Waals surface area contributed by atoms with E-state index in [-0.39, 0.29) is 6.61 Å². The highest BCUT2D eigenvalue weighted by Gasteiger charge is 2.07. The Kier molecular flexibility index (Phi) is 6.84. The minimum absolute atomic E-state index is 0.209. The van der Waals surface area contributed by atoms with Crippen molar-refractivity contribution in [2.24, 2.45) is 0 Å². The van der Waals surface area contributed by atoms with Crippen LogP contribution in [-0.4, -0.2) is 43.1 Å². The molecule has 0 bridgehead atoms. The first kappa shape index (κ1) is 16.0. The molecule has 0 saturated carbocycles. The Labute approximate surface area is 115 Å². The predicted octanol–water partition coefficient (Wildman–Crippen LogP) is 1.30. The molecule has 3 N–H and O–H groups in total. The third-order valence-electron chi connectivity index (χ3n) is 3.14. The molecule has 0 saturated heterocycles. The van der Waals surface area contributed by atoms with Crippen molar-refractivity contribution in [2.75, 3.05) is 26.8 Å². The summed E-state index contributed by atoms with van der Waals surface area (Å²) in [5, 5.41) is 21.0. The molecule has 0 aromatic heterocycles. The number of hydrogen-bond donors (Lipinski definition) is 3. The fraction of sp³-hybridized carbons (Fsp3) is 0.600. The maximum absolute atomic E-state index is 9.22. The number of rotatable bonds is 8. The topological polar surface area (TPSA) is 61.7 Å². The summed E-state index contributed by atoms with van der Waals surface area (Å²) < 4.78 is 5.42. The van der Waals surface area contributed by atoms with Gasteiger partial charge in [-0.05, 0) is 36.1 Å². The fourth-order valence-corrected chi connectivity index (χ4v) is 1.88. The summed E-state index contributed by atoms with van der Waals surface area (Å²) in [6.45, 7) is 5.26. The van der Waals surface area contributed by atoms with E-state index in [0.29, 0.717) is 12.5 Å². The van der Waals surface area contributed by atoms with E-state index in [9.17, 15) is 5.11 Å². The number of hydrogen-bond acceptors (Lipinski definition) is 4. The lowest BCUT2D eigenvalue weighted by Gasteiger charge is -2.13. The molecule has 1 aromatic carbocycles. The van der Waals surface area contributed by atoms with Gasteiger partial charge in [-0.1, -0.05) is 26.0 Å². The molecule has 0 aliphatic carbocycles. The van der Waals surface area contributed by atoms with Crippen LogP contribution in [0.4, 0.5) is 0 Å². The Balaban J connectivity index is 2.53. The summed E-state index contributed by atoms with van der Waals surface area (Å²) >= 11 is 0. The number of aliphatic hydroxyl groups excluding tert-OH is 2. The van der Waals surface area contributed by atoms with Crippen LogP contribution in [0.25, 0.3) is 0 Å². The first-order chi connectivity index (χ1) is 9.08. The minimum Gasteiger partial charge on any atom is -0.496 e. The average molecular weight is 267 g/mol. The molecule has 1 unspecified atom stereocenters. The van der Waals surface area contributed by atoms with Gasteiger partial charge in [-0.15, -0.1) is 0 Å². The summed E-state index contributed by atoms with van der Waals surface area (Å²) in [4.78, 5) is 0. The smallest absolute Gasteiger partial charge is 0.122 e. The fourth-order valence-electron chi connectivity index (χ4n) is 1.88. The van der Waals surface area contributed by atoms with E-state index in [2.05, 4.69) is 37.4 Å². The molecule has 0 fully saturated rings. The van der Waals surface area contributed by atoms with Crippen LogP contribution in [-0.2, 0) is 6.42 Å². The maximum Gasteiger partial charge on any atom is 0.122 e. The van der Waals surface area contributed by atoms with Gasteiger partial charge in [0, 0.05) is 6.54 Å². The van der Waals surface area contributed by atoms with Crippen molar-refractivity contribution >= 4 is 0 Å². The molecular formula is C15H25NO3. The standard InChI is InChI=1S/C15H25NO3/c1-11(2)13-5-4-12(15(8-13)19-3)6-7-16-9-14(18)10-17/h4-5,8,11,14,16-18H,6-7,9-10H2,1-3H3. The van der Waals surface area contributed by atoms with Crippen LogP contribution in [0.3, 0.4) is 0 Å². The zero-order valence-corrected chi connectivity index (χ0v) is 12.0. The second-order valence-corrected chi connectivity index (χ2v) is 5.02. The Hall–Kier alpha value is -1.10. The summed E-state index contributed by atoms with van der Waals surface area (Å²) in [7, 11) is 1.69. The van der Waals surface area contributed by atoms with Crippen LogP contribution in [0.5, 0.6) is 5.75 Å². The predicted molar refractivity (Wildman–Crippen MR) is 76.7 cm³/mol. The minimum atomic E-state index is -0.690. The molecule has 0 aliphatic heterocycles. The quantitative estimate of drug-likeness (QED) is 0.621. The highest BCUT2D eigenvalue weighted by atomic mass is 16.5. The van der Waals surface area contributed by atoms with Crippen molar-refractivity contribution < 1.29 is 14.9 Å². The van der Waals surface area contributed by atoms with Crippen molar-refractivity contribution in [3.05, 3.63) is 29.3 Å². The number of methoxy groups -OCH3 is 1. The van der Waals surface area contributed by atoms with Gasteiger partial charge in [0.25, 0.3) is 0 Å². The third kappa shape index (κ3) is 5.19. The second kappa shape index (κ2) is 8.15. The Bertz CT molecular complexity index is 380. The summed E-state index contributed by atoms with van der Waals surface area (Å²) in [5.41, 5.74) is 2.42. The number of ether oxygens (including phenoxy) is 1. The van der Waals surface area contributed by atoms with Crippen LogP contribution in [0.15, 0.2) is 18.2 Å². The Morgan fingerprint density at radius 3 is 2.63 bits per heavy atom. The van der Waals surface area contributed by atoms with Crippen LogP contribution in [0.1, 0.15) is 30.9 Å². The first-order valence-electron chi connectivity index (χ1n) is 6.75. The van der Waals surface area contributed by atoms with Crippen LogP contribution in [0, 0.1) is 0 Å². The highest BCUT2D eigenvalue weighted by molar-refractivity contribution is 5.38. The molecular weight excluding hydrogens is 242 g/mol. The molecule has 1 aromatic rings. The Morgan fingerprint density at radius 1 is 1.32 bits per heavy atom. The van der Waals surface area contributed by atoms with E-state index in [4.69, 9.17) is 9.84 Å². The first-order valence-corrected chi connectivity index (χ1v) is 6.75.